The number of carbonyl (C=O) groups excluding carboxylic acids is 5. The molecule has 0 radical (unpaired) electrons. The van der Waals surface area contributed by atoms with E-state index in [1.807, 2.05) is 26.0 Å². The van der Waals surface area contributed by atoms with Crippen molar-refractivity contribution in [1.82, 2.24) is 10.6 Å². The van der Waals surface area contributed by atoms with E-state index in [4.69, 9.17) is 19.9 Å². The summed E-state index contributed by atoms with van der Waals surface area (Å²) in [5.41, 5.74) is 13.8. The van der Waals surface area contributed by atoms with Crippen molar-refractivity contribution in [2.75, 3.05) is 41.0 Å². The first-order valence-corrected chi connectivity index (χ1v) is 28.6. The molecular weight excluding hydrogens is 974 g/mol. The Labute approximate surface area is 457 Å². The molecule has 2 amide bonds. The van der Waals surface area contributed by atoms with Crippen LogP contribution in [0.25, 0.3) is 0 Å². The molecular formula is C64H88FN3O9. The molecule has 0 spiro atoms. The lowest BCUT2D eigenvalue weighted by molar-refractivity contribution is -0.149. The van der Waals surface area contributed by atoms with E-state index >= 15 is 0 Å². The summed E-state index contributed by atoms with van der Waals surface area (Å²) in [7, 11) is 5.21. The van der Waals surface area contributed by atoms with Gasteiger partial charge in [0.05, 0.1) is 26.0 Å². The zero-order valence-corrected chi connectivity index (χ0v) is 47.3. The number of ether oxygens (including phenoxy) is 3. The van der Waals surface area contributed by atoms with E-state index in [1.165, 1.54) is 28.5 Å². The number of aldehydes is 1. The van der Waals surface area contributed by atoms with Gasteiger partial charge in [-0.3, -0.25) is 19.2 Å². The topological polar surface area (TPSA) is 183 Å². The van der Waals surface area contributed by atoms with E-state index in [0.717, 1.165) is 138 Å². The molecule has 10 aliphatic carbocycles. The van der Waals surface area contributed by atoms with Crippen molar-refractivity contribution >= 4 is 29.9 Å². The maximum Gasteiger partial charge on any atom is 0.308 e. The number of aryl methyl sites for hydroxylation is 3. The first-order chi connectivity index (χ1) is 36.9. The number of halogens is 1. The highest BCUT2D eigenvalue weighted by atomic mass is 19.1. The van der Waals surface area contributed by atoms with Crippen molar-refractivity contribution in [3.63, 3.8) is 0 Å². The van der Waals surface area contributed by atoms with Crippen LogP contribution in [-0.2, 0) is 45.0 Å². The van der Waals surface area contributed by atoms with Gasteiger partial charge >= 0.3 is 5.97 Å². The van der Waals surface area contributed by atoms with E-state index in [2.05, 4.69) is 60.0 Å². The first-order valence-electron chi connectivity index (χ1n) is 28.6. The van der Waals surface area contributed by atoms with Gasteiger partial charge in [-0.25, -0.2) is 4.39 Å². The molecule has 10 fully saturated rings. The van der Waals surface area contributed by atoms with Crippen LogP contribution in [0.2, 0.25) is 0 Å². The normalized spacial score (nSPS) is 29.0. The lowest BCUT2D eigenvalue weighted by Gasteiger charge is -2.52. The van der Waals surface area contributed by atoms with Gasteiger partial charge < -0.3 is 40.5 Å². The molecule has 0 aliphatic heterocycles. The summed E-state index contributed by atoms with van der Waals surface area (Å²) in [4.78, 5) is 57.7. The van der Waals surface area contributed by atoms with Crippen LogP contribution >= 0.6 is 0 Å². The number of amides is 2. The van der Waals surface area contributed by atoms with Crippen molar-refractivity contribution in [2.45, 2.75) is 185 Å². The van der Waals surface area contributed by atoms with Gasteiger partial charge in [-0.05, 0) is 224 Å². The number of benzene rings is 3. The van der Waals surface area contributed by atoms with Crippen LogP contribution in [0.4, 0.5) is 4.39 Å². The van der Waals surface area contributed by atoms with Crippen LogP contribution in [0.1, 0.15) is 182 Å². The fourth-order valence-corrected chi connectivity index (χ4v) is 14.3. The zero-order valence-electron chi connectivity index (χ0n) is 47.3. The Balaban J connectivity index is 0.000000154. The fraction of sp³-hybridized carbons (Fsp3) is 0.609. The third-order valence-electron chi connectivity index (χ3n) is 20.1. The molecule has 0 saturated heterocycles. The third kappa shape index (κ3) is 12.7. The molecule has 5 N–H and O–H groups in total. The van der Waals surface area contributed by atoms with Crippen LogP contribution in [0.3, 0.4) is 0 Å². The third-order valence-corrected chi connectivity index (χ3v) is 20.1. The minimum atomic E-state index is -0.147. The van der Waals surface area contributed by atoms with E-state index in [-0.39, 0.29) is 69.7 Å². The van der Waals surface area contributed by atoms with Gasteiger partial charge in [-0.1, -0.05) is 36.4 Å². The zero-order chi connectivity index (χ0) is 55.7. The number of phenols is 1. The minimum absolute atomic E-state index is 0.0171. The number of rotatable bonds is 13. The number of esters is 1. The number of fused-ring (bicyclic) bond motifs is 9. The van der Waals surface area contributed by atoms with Gasteiger partial charge in [0.25, 0.3) is 0 Å². The summed E-state index contributed by atoms with van der Waals surface area (Å²) in [6.45, 7) is 8.65. The van der Waals surface area contributed by atoms with Crippen molar-refractivity contribution in [3.8, 4) is 17.2 Å². The number of hydrogen-bond acceptors (Lipinski definition) is 10. The molecule has 10 saturated carbocycles. The van der Waals surface area contributed by atoms with E-state index < -0.39 is 0 Å². The van der Waals surface area contributed by atoms with Crippen LogP contribution < -0.4 is 25.8 Å². The number of Topliss-reactive ketones (excluding diaryl/α,β-unsaturated/α-hetero) is 1. The lowest BCUT2D eigenvalue weighted by Crippen LogP contribution is -2.51. The summed E-state index contributed by atoms with van der Waals surface area (Å²) in [5.74, 6) is 2.66. The molecule has 420 valence electrons. The summed E-state index contributed by atoms with van der Waals surface area (Å²) in [5, 5.41) is 15.4. The summed E-state index contributed by atoms with van der Waals surface area (Å²) < 4.78 is 28.6. The molecule has 0 aromatic heterocycles. The second-order valence-electron chi connectivity index (χ2n) is 24.0. The van der Waals surface area contributed by atoms with E-state index in [9.17, 15) is 33.5 Å². The highest BCUT2D eigenvalue weighted by Crippen LogP contribution is 2.60. The maximum atomic E-state index is 12.6. The van der Waals surface area contributed by atoms with Crippen LogP contribution in [0, 0.1) is 42.9 Å². The largest absolute Gasteiger partial charge is 0.508 e. The SMILES string of the molecule is CCOC(=O)C1CCC(=O)CC1.CNC(=O)C12CCC(c3ccc(O)c(C)c3)(CC1)CC2.CNC(=O)C12CCC(c3ccc(OC/C(=C/F)CN)c(C)c3)(CC1)CC2.COc1ccc(C23CCC(C=O)(CC2)CC3)cc1C. The molecule has 0 heterocycles. The number of carbonyl (C=O) groups is 5. The van der Waals surface area contributed by atoms with Crippen molar-refractivity contribution in [2.24, 2.45) is 27.9 Å². The van der Waals surface area contributed by atoms with Crippen LogP contribution in [0.5, 0.6) is 17.2 Å². The van der Waals surface area contributed by atoms with Gasteiger partial charge in [-0.2, -0.15) is 0 Å². The number of nitrogens with one attached hydrogen (secondary N) is 2. The molecule has 13 heteroatoms. The molecule has 10 aliphatic rings. The van der Waals surface area contributed by atoms with Gasteiger partial charge in [0, 0.05) is 55.3 Å². The Kier molecular flexibility index (Phi) is 19.2. The van der Waals surface area contributed by atoms with E-state index in [1.54, 1.807) is 28.1 Å². The quantitative estimate of drug-likeness (QED) is 0.0949. The number of hydrogen-bond donors (Lipinski definition) is 4. The predicted molar refractivity (Wildman–Crippen MR) is 299 cm³/mol. The smallest absolute Gasteiger partial charge is 0.308 e. The second-order valence-corrected chi connectivity index (χ2v) is 24.0. The maximum absolute atomic E-state index is 12.6. The fourth-order valence-electron chi connectivity index (χ4n) is 14.3. The molecule has 12 nitrogen and oxygen atoms in total. The summed E-state index contributed by atoms with van der Waals surface area (Å²) in [6, 6.07) is 19.0. The predicted octanol–water partition coefficient (Wildman–Crippen LogP) is 11.7. The van der Waals surface area contributed by atoms with E-state index in [0.29, 0.717) is 55.4 Å². The summed E-state index contributed by atoms with van der Waals surface area (Å²) >= 11 is 0. The highest BCUT2D eigenvalue weighted by molar-refractivity contribution is 5.84. The number of phenolic OH excluding ortho intramolecular Hbond substituents is 1. The Morgan fingerprint density at radius 3 is 1.44 bits per heavy atom. The molecule has 6 bridgehead atoms. The van der Waals surface area contributed by atoms with Crippen LogP contribution in [-0.4, -0.2) is 75.9 Å². The Morgan fingerprint density at radius 1 is 0.662 bits per heavy atom. The Morgan fingerprint density at radius 2 is 1.08 bits per heavy atom. The Bertz CT molecular complexity index is 2560. The lowest BCUT2D eigenvalue weighted by atomic mass is 9.51. The molecule has 0 atom stereocenters. The molecule has 3 aromatic carbocycles. The average molecular weight is 1060 g/mol. The molecule has 3 aromatic rings. The van der Waals surface area contributed by atoms with Gasteiger partial charge in [0.15, 0.2) is 0 Å². The standard InChI is InChI=1S/C21H29FN2O2.C17H23NO2.C17H22O2.C9H14O3/c1-15-11-17(3-4-18(15)26-14-16(12-22)13-23)20-5-8-21(9-6-20,10-7-20)19(25)24-2;1-12-11-13(3-4-14(12)19)16-5-8-17(9-6-16,10-7-16)15(20)18-2;1-13-11-14(3-4-15(13)19-2)17-8-5-16(12-18,6-9-17)7-10-17;1-2-12-9(11)7-3-5-8(10)6-4-7/h3-4,11-12H,5-10,13-14,23H2,1-2H3,(H,24,25);3-4,11,19H,5-10H2,1-2H3,(H,18,20);3-4,11-12H,5-10H2,1-2H3;7H,2-6H2,1H3/b16-12+;;;. The number of aromatic hydroxyl groups is 1. The molecule has 0 unspecified atom stereocenters. The highest BCUT2D eigenvalue weighted by Gasteiger charge is 2.54. The van der Waals surface area contributed by atoms with Crippen molar-refractivity contribution in [1.29, 1.82) is 0 Å². The number of ketones is 1. The van der Waals surface area contributed by atoms with Gasteiger partial charge in [0.1, 0.15) is 35.9 Å². The number of methoxy groups -OCH3 is 1. The van der Waals surface area contributed by atoms with Crippen molar-refractivity contribution in [3.05, 3.63) is 99.9 Å². The van der Waals surface area contributed by atoms with Crippen LogP contribution in [0.15, 0.2) is 66.5 Å². The minimum Gasteiger partial charge on any atom is -0.508 e. The van der Waals surface area contributed by atoms with Gasteiger partial charge in [0.2, 0.25) is 11.8 Å². The first kappa shape index (κ1) is 59.1. The van der Waals surface area contributed by atoms with Crippen molar-refractivity contribution < 1.29 is 47.7 Å². The summed E-state index contributed by atoms with van der Waals surface area (Å²) in [6.07, 6.45) is 23.2. The molecule has 77 heavy (non-hydrogen) atoms. The number of nitrogens with two attached hydrogens (primary N) is 1. The average Bonchev–Trinajstić information content (AvgIpc) is 3.60. The monoisotopic (exact) mass is 1060 g/mol. The van der Waals surface area contributed by atoms with Gasteiger partial charge in [-0.15, -0.1) is 0 Å². The Hall–Kier alpha value is -5.56. The second kappa shape index (κ2) is 25.1. The molecule has 13 rings (SSSR count).